The molecule has 3 nitrogen and oxygen atoms in total. The van der Waals surface area contributed by atoms with Gasteiger partial charge in [-0.25, -0.2) is 0 Å². The number of hydrogen-bond donors (Lipinski definition) is 1. The third-order valence-corrected chi connectivity index (χ3v) is 6.64. The molecule has 0 radical (unpaired) electrons. The van der Waals surface area contributed by atoms with Crippen LogP contribution < -0.4 is 0 Å². The maximum Gasteiger partial charge on any atom is 0.0443 e. The van der Waals surface area contributed by atoms with Gasteiger partial charge in [-0.3, -0.25) is 4.90 Å². The third kappa shape index (κ3) is 4.46. The highest BCUT2D eigenvalue weighted by Gasteiger charge is 2.19. The van der Waals surface area contributed by atoms with E-state index < -0.39 is 0 Å². The Morgan fingerprint density at radius 3 is 2.41 bits per heavy atom. The van der Waals surface area contributed by atoms with Crippen LogP contribution >= 0.6 is 11.8 Å². The molecule has 2 aromatic carbocycles. The summed E-state index contributed by atoms with van der Waals surface area (Å²) >= 11 is 1.94. The summed E-state index contributed by atoms with van der Waals surface area (Å²) in [4.78, 5) is 6.40. The summed E-state index contributed by atoms with van der Waals surface area (Å²) in [5.41, 5.74) is 5.57. The number of rotatable bonds is 5. The van der Waals surface area contributed by atoms with E-state index in [1.807, 2.05) is 11.8 Å². The molecule has 0 amide bonds. The quantitative estimate of drug-likeness (QED) is 0.855. The molecule has 2 aliphatic heterocycles. The fourth-order valence-corrected chi connectivity index (χ4v) is 5.03. The summed E-state index contributed by atoms with van der Waals surface area (Å²) < 4.78 is 0. The van der Waals surface area contributed by atoms with Gasteiger partial charge in [0.05, 0.1) is 0 Å². The molecule has 142 valence electrons. The van der Waals surface area contributed by atoms with Gasteiger partial charge in [-0.15, -0.1) is 11.8 Å². The van der Waals surface area contributed by atoms with Crippen molar-refractivity contribution in [2.24, 2.45) is 0 Å². The Morgan fingerprint density at radius 1 is 0.889 bits per heavy atom. The van der Waals surface area contributed by atoms with Crippen molar-refractivity contribution < 1.29 is 5.11 Å². The Morgan fingerprint density at radius 2 is 1.59 bits per heavy atom. The lowest BCUT2D eigenvalue weighted by molar-refractivity contribution is 0.133. The van der Waals surface area contributed by atoms with Gasteiger partial charge in [-0.1, -0.05) is 48.5 Å². The Bertz CT molecular complexity index is 747. The minimum Gasteiger partial charge on any atom is -0.396 e. The van der Waals surface area contributed by atoms with Crippen molar-refractivity contribution in [2.45, 2.75) is 17.1 Å². The minimum atomic E-state index is 0.295. The van der Waals surface area contributed by atoms with Crippen LogP contribution in [0.25, 0.3) is 5.57 Å². The molecule has 0 bridgehead atoms. The standard InChI is InChI=1S/C23H28N2OS/c26-17-5-11-24-13-15-25(16-14-24)12-10-21-20-7-2-1-6-19(20)18-27-23-9-4-3-8-22(21)23/h1-4,6-10,26H,5,11-18H2/b21-10+. The molecular formula is C23H28N2OS. The summed E-state index contributed by atoms with van der Waals surface area (Å²) in [6, 6.07) is 17.7. The lowest BCUT2D eigenvalue weighted by atomic mass is 9.94. The Hall–Kier alpha value is -1.59. The molecule has 0 spiro atoms. The maximum absolute atomic E-state index is 9.01. The molecule has 27 heavy (non-hydrogen) atoms. The zero-order chi connectivity index (χ0) is 18.5. The van der Waals surface area contributed by atoms with Gasteiger partial charge in [-0.2, -0.15) is 0 Å². The van der Waals surface area contributed by atoms with Crippen molar-refractivity contribution in [3.63, 3.8) is 0 Å². The zero-order valence-electron chi connectivity index (χ0n) is 15.8. The molecule has 0 atom stereocenters. The lowest BCUT2D eigenvalue weighted by Gasteiger charge is -2.34. The predicted octanol–water partition coefficient (Wildman–Crippen LogP) is 3.72. The SMILES string of the molecule is OCCCN1CCN(C/C=C2\c3ccccc3CSc3ccccc32)CC1. The van der Waals surface area contributed by atoms with E-state index in [1.54, 1.807) is 0 Å². The Kier molecular flexibility index (Phi) is 6.30. The summed E-state index contributed by atoms with van der Waals surface area (Å²) in [6.07, 6.45) is 3.32. The van der Waals surface area contributed by atoms with E-state index >= 15 is 0 Å². The Balaban J connectivity index is 1.53. The number of piperazine rings is 1. The Labute approximate surface area is 166 Å². The van der Waals surface area contributed by atoms with Crippen molar-refractivity contribution >= 4 is 17.3 Å². The molecule has 0 saturated carbocycles. The highest BCUT2D eigenvalue weighted by atomic mass is 32.2. The monoisotopic (exact) mass is 380 g/mol. The number of nitrogens with zero attached hydrogens (tertiary/aromatic N) is 2. The highest BCUT2D eigenvalue weighted by Crippen LogP contribution is 2.39. The van der Waals surface area contributed by atoms with E-state index in [9.17, 15) is 0 Å². The second-order valence-electron chi connectivity index (χ2n) is 7.28. The fourth-order valence-electron chi connectivity index (χ4n) is 3.95. The average Bonchev–Trinajstić information content (AvgIpc) is 2.88. The molecule has 2 aromatic rings. The van der Waals surface area contributed by atoms with Gasteiger partial charge in [0.15, 0.2) is 0 Å². The van der Waals surface area contributed by atoms with Crippen LogP contribution in [0.2, 0.25) is 0 Å². The van der Waals surface area contributed by atoms with Crippen molar-refractivity contribution in [3.8, 4) is 0 Å². The summed E-state index contributed by atoms with van der Waals surface area (Å²) in [5, 5.41) is 9.01. The molecule has 4 heteroatoms. The van der Waals surface area contributed by atoms with Gasteiger partial charge in [0.1, 0.15) is 0 Å². The van der Waals surface area contributed by atoms with Gasteiger partial charge in [0.25, 0.3) is 0 Å². The molecule has 1 fully saturated rings. The van der Waals surface area contributed by atoms with Crippen molar-refractivity contribution in [1.29, 1.82) is 0 Å². The topological polar surface area (TPSA) is 26.7 Å². The average molecular weight is 381 g/mol. The lowest BCUT2D eigenvalue weighted by Crippen LogP contribution is -2.46. The number of thioether (sulfide) groups is 1. The van der Waals surface area contributed by atoms with Crippen LogP contribution in [0, 0.1) is 0 Å². The van der Waals surface area contributed by atoms with E-state index in [0.29, 0.717) is 6.61 Å². The molecular weight excluding hydrogens is 352 g/mol. The van der Waals surface area contributed by atoms with E-state index in [-0.39, 0.29) is 0 Å². The van der Waals surface area contributed by atoms with E-state index in [2.05, 4.69) is 64.4 Å². The fraction of sp³-hybridized carbons (Fsp3) is 0.391. The zero-order valence-corrected chi connectivity index (χ0v) is 16.6. The molecule has 4 rings (SSSR count). The number of fused-ring (bicyclic) bond motifs is 2. The van der Waals surface area contributed by atoms with Gasteiger partial charge in [0, 0.05) is 56.5 Å². The first-order valence-corrected chi connectivity index (χ1v) is 10.9. The molecule has 2 heterocycles. The van der Waals surface area contributed by atoms with E-state index in [1.165, 1.54) is 27.2 Å². The van der Waals surface area contributed by atoms with Crippen LogP contribution in [0.4, 0.5) is 0 Å². The summed E-state index contributed by atoms with van der Waals surface area (Å²) in [7, 11) is 0. The normalized spacial score (nSPS) is 19.5. The first-order chi connectivity index (χ1) is 13.3. The van der Waals surface area contributed by atoms with Crippen molar-refractivity contribution in [2.75, 3.05) is 45.9 Å². The summed E-state index contributed by atoms with van der Waals surface area (Å²) in [6.45, 7) is 6.72. The molecule has 0 aliphatic carbocycles. The van der Waals surface area contributed by atoms with Gasteiger partial charge in [0.2, 0.25) is 0 Å². The van der Waals surface area contributed by atoms with E-state index in [4.69, 9.17) is 5.11 Å². The number of hydrogen-bond acceptors (Lipinski definition) is 4. The number of benzene rings is 2. The van der Waals surface area contributed by atoms with Crippen LogP contribution in [0.1, 0.15) is 23.1 Å². The van der Waals surface area contributed by atoms with Crippen molar-refractivity contribution in [3.05, 3.63) is 71.3 Å². The van der Waals surface area contributed by atoms with Crippen LogP contribution in [0.3, 0.4) is 0 Å². The van der Waals surface area contributed by atoms with Gasteiger partial charge in [-0.05, 0) is 34.8 Å². The predicted molar refractivity (Wildman–Crippen MR) is 114 cm³/mol. The minimum absolute atomic E-state index is 0.295. The van der Waals surface area contributed by atoms with Crippen LogP contribution in [-0.4, -0.2) is 60.8 Å². The summed E-state index contributed by atoms with van der Waals surface area (Å²) in [5.74, 6) is 1.04. The first-order valence-electron chi connectivity index (χ1n) is 9.91. The number of aliphatic hydroxyl groups is 1. The van der Waals surface area contributed by atoms with Gasteiger partial charge >= 0.3 is 0 Å². The molecule has 1 saturated heterocycles. The molecule has 1 N–H and O–H groups in total. The smallest absolute Gasteiger partial charge is 0.0443 e. The highest BCUT2D eigenvalue weighted by molar-refractivity contribution is 7.98. The van der Waals surface area contributed by atoms with Gasteiger partial charge < -0.3 is 10.0 Å². The third-order valence-electron chi connectivity index (χ3n) is 5.52. The largest absolute Gasteiger partial charge is 0.396 e. The first kappa shape index (κ1) is 18.8. The molecule has 2 aliphatic rings. The van der Waals surface area contributed by atoms with Crippen molar-refractivity contribution in [1.82, 2.24) is 9.80 Å². The number of aliphatic hydroxyl groups excluding tert-OH is 1. The molecule has 0 aromatic heterocycles. The second kappa shape index (κ2) is 9.07. The molecule has 0 unspecified atom stereocenters. The van der Waals surface area contributed by atoms with Crippen LogP contribution in [0.5, 0.6) is 0 Å². The van der Waals surface area contributed by atoms with Crippen LogP contribution in [0.15, 0.2) is 59.5 Å². The van der Waals surface area contributed by atoms with E-state index in [0.717, 1.165) is 51.4 Å². The van der Waals surface area contributed by atoms with Crippen LogP contribution in [-0.2, 0) is 5.75 Å². The second-order valence-corrected chi connectivity index (χ2v) is 8.30. The maximum atomic E-state index is 9.01.